The summed E-state index contributed by atoms with van der Waals surface area (Å²) in [7, 11) is 1.90. The molecule has 0 unspecified atom stereocenters. The van der Waals surface area contributed by atoms with Crippen molar-refractivity contribution in [1.29, 1.82) is 0 Å². The largest absolute Gasteiger partial charge is 0.462 e. The van der Waals surface area contributed by atoms with E-state index >= 15 is 0 Å². The maximum atomic E-state index is 13.3. The Bertz CT molecular complexity index is 958. The van der Waals surface area contributed by atoms with Crippen molar-refractivity contribution in [3.8, 4) is 10.8 Å². The number of aryl methyl sites for hydroxylation is 1. The standard InChI is InChI=1S/C16H13FN4OS/c1-21-13-5-4-10(17)7-12(13)20-16(21)19-9-11-8-18-15(23-11)14-3-2-6-22-14/h2-8H,9H2,1H3,(H,19,20). The van der Waals surface area contributed by atoms with Gasteiger partial charge in [0.05, 0.1) is 23.8 Å². The quantitative estimate of drug-likeness (QED) is 0.614. The number of hydrogen-bond donors (Lipinski definition) is 1. The van der Waals surface area contributed by atoms with Gasteiger partial charge in [0, 0.05) is 24.2 Å². The molecule has 0 saturated heterocycles. The number of thiazole rings is 1. The summed E-state index contributed by atoms with van der Waals surface area (Å²) in [6.45, 7) is 0.595. The van der Waals surface area contributed by atoms with E-state index in [9.17, 15) is 4.39 Å². The lowest BCUT2D eigenvalue weighted by atomic mass is 10.3. The third kappa shape index (κ3) is 2.59. The molecular formula is C16H13FN4OS. The molecule has 3 aromatic heterocycles. The van der Waals surface area contributed by atoms with Crippen LogP contribution in [0.4, 0.5) is 10.3 Å². The molecule has 5 nitrogen and oxygen atoms in total. The minimum absolute atomic E-state index is 0.285. The number of fused-ring (bicyclic) bond motifs is 1. The molecule has 0 amide bonds. The molecule has 3 heterocycles. The number of furan rings is 1. The molecule has 0 fully saturated rings. The summed E-state index contributed by atoms with van der Waals surface area (Å²) in [5.74, 6) is 1.17. The average Bonchev–Trinajstić information content (AvgIpc) is 3.25. The van der Waals surface area contributed by atoms with Crippen LogP contribution in [0.5, 0.6) is 0 Å². The van der Waals surface area contributed by atoms with Gasteiger partial charge in [0.15, 0.2) is 10.8 Å². The van der Waals surface area contributed by atoms with Crippen molar-refractivity contribution in [3.05, 3.63) is 53.5 Å². The van der Waals surface area contributed by atoms with Gasteiger partial charge in [-0.15, -0.1) is 11.3 Å². The van der Waals surface area contributed by atoms with Crippen molar-refractivity contribution >= 4 is 28.3 Å². The Labute approximate surface area is 135 Å². The number of rotatable bonds is 4. The highest BCUT2D eigenvalue weighted by Crippen LogP contribution is 2.26. The summed E-state index contributed by atoms with van der Waals surface area (Å²) in [5, 5.41) is 4.11. The van der Waals surface area contributed by atoms with E-state index in [1.54, 1.807) is 23.7 Å². The summed E-state index contributed by atoms with van der Waals surface area (Å²) in [6, 6.07) is 8.32. The smallest absolute Gasteiger partial charge is 0.203 e. The Morgan fingerprint density at radius 2 is 2.26 bits per heavy atom. The first-order chi connectivity index (χ1) is 11.2. The number of nitrogens with one attached hydrogen (secondary N) is 1. The summed E-state index contributed by atoms with van der Waals surface area (Å²) < 4.78 is 20.5. The molecule has 1 N–H and O–H groups in total. The lowest BCUT2D eigenvalue weighted by Crippen LogP contribution is -2.03. The zero-order valence-corrected chi connectivity index (χ0v) is 13.1. The third-order valence-corrected chi connectivity index (χ3v) is 4.56. The molecule has 4 rings (SSSR count). The second kappa shape index (κ2) is 5.51. The van der Waals surface area contributed by atoms with Crippen molar-refractivity contribution in [2.75, 3.05) is 5.32 Å². The van der Waals surface area contributed by atoms with Crippen LogP contribution in [0.15, 0.2) is 47.2 Å². The number of nitrogens with zero attached hydrogens (tertiary/aromatic N) is 3. The van der Waals surface area contributed by atoms with Crippen LogP contribution in [0.1, 0.15) is 4.88 Å². The fourth-order valence-electron chi connectivity index (χ4n) is 2.40. The molecule has 0 saturated carbocycles. The lowest BCUT2D eigenvalue weighted by Gasteiger charge is -2.04. The van der Waals surface area contributed by atoms with Crippen molar-refractivity contribution in [2.45, 2.75) is 6.54 Å². The molecule has 0 aliphatic rings. The van der Waals surface area contributed by atoms with E-state index in [1.807, 2.05) is 29.9 Å². The molecule has 116 valence electrons. The molecule has 0 atom stereocenters. The van der Waals surface area contributed by atoms with Crippen LogP contribution >= 0.6 is 11.3 Å². The SMILES string of the molecule is Cn1c(NCc2cnc(-c3ccco3)s2)nc2cc(F)ccc21. The van der Waals surface area contributed by atoms with Crippen LogP contribution in [0, 0.1) is 5.82 Å². The number of hydrogen-bond acceptors (Lipinski definition) is 5. The van der Waals surface area contributed by atoms with Gasteiger partial charge >= 0.3 is 0 Å². The van der Waals surface area contributed by atoms with Gasteiger partial charge in [-0.25, -0.2) is 14.4 Å². The van der Waals surface area contributed by atoms with E-state index < -0.39 is 0 Å². The van der Waals surface area contributed by atoms with Gasteiger partial charge in [0.25, 0.3) is 0 Å². The minimum atomic E-state index is -0.285. The number of anilines is 1. The van der Waals surface area contributed by atoms with Crippen LogP contribution in [0.3, 0.4) is 0 Å². The van der Waals surface area contributed by atoms with Crippen LogP contribution in [-0.2, 0) is 13.6 Å². The second-order valence-electron chi connectivity index (χ2n) is 5.09. The zero-order chi connectivity index (χ0) is 15.8. The lowest BCUT2D eigenvalue weighted by molar-refractivity contribution is 0.582. The first-order valence-electron chi connectivity index (χ1n) is 7.05. The minimum Gasteiger partial charge on any atom is -0.462 e. The fraction of sp³-hybridized carbons (Fsp3) is 0.125. The van der Waals surface area contributed by atoms with Crippen LogP contribution < -0.4 is 5.32 Å². The Kier molecular flexibility index (Phi) is 3.34. The number of aromatic nitrogens is 3. The molecule has 0 bridgehead atoms. The zero-order valence-electron chi connectivity index (χ0n) is 12.3. The Balaban J connectivity index is 1.54. The molecular weight excluding hydrogens is 315 g/mol. The number of imidazole rings is 1. The van der Waals surface area contributed by atoms with E-state index in [4.69, 9.17) is 4.42 Å². The van der Waals surface area contributed by atoms with Crippen LogP contribution in [0.25, 0.3) is 21.8 Å². The van der Waals surface area contributed by atoms with Gasteiger partial charge in [-0.2, -0.15) is 0 Å². The topological polar surface area (TPSA) is 55.9 Å². The predicted octanol–water partition coefficient (Wildman–Crippen LogP) is 4.04. The van der Waals surface area contributed by atoms with E-state index in [-0.39, 0.29) is 5.82 Å². The summed E-state index contributed by atoms with van der Waals surface area (Å²) in [6.07, 6.45) is 3.45. The predicted molar refractivity (Wildman–Crippen MR) is 87.8 cm³/mol. The fourth-order valence-corrected chi connectivity index (χ4v) is 3.22. The van der Waals surface area contributed by atoms with Gasteiger partial charge in [0.1, 0.15) is 5.82 Å². The van der Waals surface area contributed by atoms with Crippen LogP contribution in [-0.4, -0.2) is 14.5 Å². The number of halogens is 1. The molecule has 7 heteroatoms. The van der Waals surface area contributed by atoms with Crippen LogP contribution in [0.2, 0.25) is 0 Å². The van der Waals surface area contributed by atoms with Gasteiger partial charge < -0.3 is 14.3 Å². The van der Waals surface area contributed by atoms with E-state index in [1.165, 1.54) is 12.1 Å². The third-order valence-electron chi connectivity index (χ3n) is 3.55. The monoisotopic (exact) mass is 328 g/mol. The van der Waals surface area contributed by atoms with Gasteiger partial charge in [-0.05, 0) is 24.3 Å². The van der Waals surface area contributed by atoms with Gasteiger partial charge in [0.2, 0.25) is 5.95 Å². The number of benzene rings is 1. The highest BCUT2D eigenvalue weighted by molar-refractivity contribution is 7.14. The first kappa shape index (κ1) is 14.0. The maximum absolute atomic E-state index is 13.3. The molecule has 4 aromatic rings. The van der Waals surface area contributed by atoms with E-state index in [0.29, 0.717) is 18.0 Å². The first-order valence-corrected chi connectivity index (χ1v) is 7.87. The molecule has 0 radical (unpaired) electrons. The highest BCUT2D eigenvalue weighted by atomic mass is 32.1. The van der Waals surface area contributed by atoms with Crippen molar-refractivity contribution < 1.29 is 8.81 Å². The Morgan fingerprint density at radius 1 is 1.35 bits per heavy atom. The Hall–Kier alpha value is -2.67. The molecule has 0 aliphatic heterocycles. The molecule has 1 aromatic carbocycles. The molecule has 0 aliphatic carbocycles. The Morgan fingerprint density at radius 3 is 3.09 bits per heavy atom. The average molecular weight is 328 g/mol. The van der Waals surface area contributed by atoms with Crippen molar-refractivity contribution in [1.82, 2.24) is 14.5 Å². The maximum Gasteiger partial charge on any atom is 0.203 e. The summed E-state index contributed by atoms with van der Waals surface area (Å²) >= 11 is 1.56. The summed E-state index contributed by atoms with van der Waals surface area (Å²) in [4.78, 5) is 9.84. The highest BCUT2D eigenvalue weighted by Gasteiger charge is 2.10. The summed E-state index contributed by atoms with van der Waals surface area (Å²) in [5.41, 5.74) is 1.52. The van der Waals surface area contributed by atoms with E-state index in [2.05, 4.69) is 15.3 Å². The van der Waals surface area contributed by atoms with Crippen molar-refractivity contribution in [3.63, 3.8) is 0 Å². The molecule has 0 spiro atoms. The van der Waals surface area contributed by atoms with Gasteiger partial charge in [-0.3, -0.25) is 0 Å². The van der Waals surface area contributed by atoms with Crippen molar-refractivity contribution in [2.24, 2.45) is 7.05 Å². The van der Waals surface area contributed by atoms with Gasteiger partial charge in [-0.1, -0.05) is 0 Å². The molecule has 23 heavy (non-hydrogen) atoms. The second-order valence-corrected chi connectivity index (χ2v) is 6.21. The van der Waals surface area contributed by atoms with E-state index in [0.717, 1.165) is 21.2 Å². The normalized spacial score (nSPS) is 11.2.